The van der Waals surface area contributed by atoms with E-state index in [1.165, 1.54) is 11.8 Å². The summed E-state index contributed by atoms with van der Waals surface area (Å²) in [7, 11) is 1.62. The van der Waals surface area contributed by atoms with Crippen LogP contribution in [-0.2, 0) is 9.59 Å². The van der Waals surface area contributed by atoms with Crippen LogP contribution in [0.4, 0.5) is 0 Å². The number of likely N-dealkylation sites (N-methyl/N-ethyl adjacent to an activating group) is 1. The number of aromatic nitrogens is 1. The number of amides is 2. The number of thioether (sulfide) groups is 1. The summed E-state index contributed by atoms with van der Waals surface area (Å²) in [5.74, 6) is 0.491. The first-order chi connectivity index (χ1) is 14.1. The summed E-state index contributed by atoms with van der Waals surface area (Å²) >= 11 is 1.34. The molecule has 150 valence electrons. The van der Waals surface area contributed by atoms with Crippen LogP contribution in [0.15, 0.2) is 59.6 Å². The number of ether oxygens (including phenoxy) is 1. The van der Waals surface area contributed by atoms with Crippen LogP contribution < -0.4 is 15.4 Å². The number of hydrogen-bond donors (Lipinski definition) is 2. The van der Waals surface area contributed by atoms with Crippen LogP contribution in [0, 0.1) is 0 Å². The Bertz CT molecular complexity index is 1010. The summed E-state index contributed by atoms with van der Waals surface area (Å²) in [6, 6.07) is 17.9. The van der Waals surface area contributed by atoms with Crippen LogP contribution >= 0.6 is 11.8 Å². The Morgan fingerprint density at radius 2 is 1.83 bits per heavy atom. The van der Waals surface area contributed by atoms with E-state index in [1.807, 2.05) is 61.5 Å². The van der Waals surface area contributed by atoms with Gasteiger partial charge in [0.25, 0.3) is 0 Å². The molecule has 0 aliphatic rings. The Morgan fingerprint density at radius 1 is 1.03 bits per heavy atom. The third-order valence-electron chi connectivity index (χ3n) is 4.25. The molecule has 0 fully saturated rings. The molecule has 3 aromatic rings. The molecule has 2 N–H and O–H groups in total. The number of nitrogens with zero attached hydrogens (tertiary/aromatic N) is 1. The van der Waals surface area contributed by atoms with Gasteiger partial charge >= 0.3 is 0 Å². The molecule has 2 aromatic carbocycles. The summed E-state index contributed by atoms with van der Waals surface area (Å²) in [4.78, 5) is 28.2. The lowest BCUT2D eigenvalue weighted by molar-refractivity contribution is -0.124. The van der Waals surface area contributed by atoms with Gasteiger partial charge in [0.05, 0.1) is 30.0 Å². The van der Waals surface area contributed by atoms with E-state index < -0.39 is 0 Å². The zero-order valence-corrected chi connectivity index (χ0v) is 17.2. The molecule has 1 heterocycles. The fraction of sp³-hybridized carbons (Fsp3) is 0.227. The highest BCUT2D eigenvalue weighted by molar-refractivity contribution is 7.99. The Hall–Kier alpha value is -3.06. The van der Waals surface area contributed by atoms with Crippen molar-refractivity contribution in [3.8, 4) is 16.9 Å². The molecule has 0 atom stereocenters. The standard InChI is InChI=1S/C22H23N3O3S/c1-3-23-20(26)13-24-21(27)14-29-22-12-18(15-7-5-4-6-8-15)17-10-9-16(28-2)11-19(17)25-22/h4-12H,3,13-14H2,1-2H3,(H,23,26)(H,24,27). The number of carbonyl (C=O) groups is 2. The first kappa shape index (κ1) is 20.7. The van der Waals surface area contributed by atoms with Gasteiger partial charge < -0.3 is 15.4 Å². The van der Waals surface area contributed by atoms with Gasteiger partial charge in [0.2, 0.25) is 11.8 Å². The largest absolute Gasteiger partial charge is 0.497 e. The highest BCUT2D eigenvalue weighted by Gasteiger charge is 2.11. The fourth-order valence-electron chi connectivity index (χ4n) is 2.87. The Labute approximate surface area is 174 Å². The second kappa shape index (κ2) is 9.93. The topological polar surface area (TPSA) is 80.3 Å². The van der Waals surface area contributed by atoms with Gasteiger partial charge in [-0.1, -0.05) is 42.1 Å². The third kappa shape index (κ3) is 5.48. The lowest BCUT2D eigenvalue weighted by Gasteiger charge is -2.11. The highest BCUT2D eigenvalue weighted by Crippen LogP contribution is 2.33. The van der Waals surface area contributed by atoms with E-state index in [9.17, 15) is 9.59 Å². The van der Waals surface area contributed by atoms with Crippen LogP contribution in [0.25, 0.3) is 22.0 Å². The van der Waals surface area contributed by atoms with Crippen LogP contribution in [0.5, 0.6) is 5.75 Å². The molecule has 0 aliphatic heterocycles. The van der Waals surface area contributed by atoms with Gasteiger partial charge in [-0.2, -0.15) is 0 Å². The number of methoxy groups -OCH3 is 1. The Balaban J connectivity index is 1.82. The molecular weight excluding hydrogens is 386 g/mol. The number of carbonyl (C=O) groups excluding carboxylic acids is 2. The van der Waals surface area contributed by atoms with E-state index in [1.54, 1.807) is 7.11 Å². The second-order valence-electron chi connectivity index (χ2n) is 6.28. The molecule has 0 saturated carbocycles. The molecular formula is C22H23N3O3S. The van der Waals surface area contributed by atoms with Gasteiger partial charge in [0.15, 0.2) is 0 Å². The van der Waals surface area contributed by atoms with E-state index >= 15 is 0 Å². The van der Waals surface area contributed by atoms with Crippen molar-refractivity contribution in [1.82, 2.24) is 15.6 Å². The minimum Gasteiger partial charge on any atom is -0.497 e. The quantitative estimate of drug-likeness (QED) is 0.558. The van der Waals surface area contributed by atoms with Gasteiger partial charge in [-0.3, -0.25) is 9.59 Å². The van der Waals surface area contributed by atoms with Crippen LogP contribution in [0.2, 0.25) is 0 Å². The molecule has 29 heavy (non-hydrogen) atoms. The van der Waals surface area contributed by atoms with Crippen molar-refractivity contribution >= 4 is 34.5 Å². The fourth-order valence-corrected chi connectivity index (χ4v) is 3.62. The second-order valence-corrected chi connectivity index (χ2v) is 7.27. The minimum atomic E-state index is -0.213. The van der Waals surface area contributed by atoms with Crippen molar-refractivity contribution in [2.24, 2.45) is 0 Å². The van der Waals surface area contributed by atoms with Crippen molar-refractivity contribution in [2.45, 2.75) is 11.9 Å². The SMILES string of the molecule is CCNC(=O)CNC(=O)CSc1cc(-c2ccccc2)c2ccc(OC)cc2n1. The highest BCUT2D eigenvalue weighted by atomic mass is 32.2. The van der Waals surface area contributed by atoms with Crippen LogP contribution in [0.3, 0.4) is 0 Å². The summed E-state index contributed by atoms with van der Waals surface area (Å²) in [6.07, 6.45) is 0. The maximum Gasteiger partial charge on any atom is 0.239 e. The van der Waals surface area contributed by atoms with Crippen LogP contribution in [0.1, 0.15) is 6.92 Å². The lowest BCUT2D eigenvalue weighted by Crippen LogP contribution is -2.37. The number of hydrogen-bond acceptors (Lipinski definition) is 5. The van der Waals surface area contributed by atoms with Crippen molar-refractivity contribution in [3.05, 3.63) is 54.6 Å². The maximum absolute atomic E-state index is 12.1. The predicted molar refractivity (Wildman–Crippen MR) is 116 cm³/mol. The summed E-state index contributed by atoms with van der Waals surface area (Å²) in [5.41, 5.74) is 2.92. The Morgan fingerprint density at radius 3 is 2.55 bits per heavy atom. The molecule has 0 unspecified atom stereocenters. The normalized spacial score (nSPS) is 10.6. The summed E-state index contributed by atoms with van der Waals surface area (Å²) in [5, 5.41) is 7.02. The number of nitrogens with one attached hydrogen (secondary N) is 2. The monoisotopic (exact) mass is 409 g/mol. The smallest absolute Gasteiger partial charge is 0.239 e. The number of fused-ring (bicyclic) bond motifs is 1. The predicted octanol–water partition coefficient (Wildman–Crippen LogP) is 3.25. The summed E-state index contributed by atoms with van der Waals surface area (Å²) < 4.78 is 5.33. The first-order valence-corrected chi connectivity index (χ1v) is 10.3. The number of rotatable bonds is 8. The van der Waals surface area contributed by atoms with Gasteiger partial charge in [-0.25, -0.2) is 4.98 Å². The van der Waals surface area contributed by atoms with Crippen molar-refractivity contribution in [3.63, 3.8) is 0 Å². The maximum atomic E-state index is 12.1. The molecule has 2 amide bonds. The van der Waals surface area contributed by atoms with E-state index in [0.29, 0.717) is 6.54 Å². The molecule has 0 aliphatic carbocycles. The minimum absolute atomic E-state index is 0.0230. The first-order valence-electron chi connectivity index (χ1n) is 9.31. The molecule has 0 saturated heterocycles. The van der Waals surface area contributed by atoms with Crippen molar-refractivity contribution in [2.75, 3.05) is 26.0 Å². The molecule has 0 bridgehead atoms. The van der Waals surface area contributed by atoms with Gasteiger partial charge in [0.1, 0.15) is 5.75 Å². The molecule has 1 aromatic heterocycles. The van der Waals surface area contributed by atoms with Crippen LogP contribution in [-0.4, -0.2) is 42.8 Å². The average molecular weight is 410 g/mol. The van der Waals surface area contributed by atoms with Crippen molar-refractivity contribution in [1.29, 1.82) is 0 Å². The molecule has 0 radical (unpaired) electrons. The van der Waals surface area contributed by atoms with Gasteiger partial charge in [0, 0.05) is 18.0 Å². The third-order valence-corrected chi connectivity index (χ3v) is 5.16. The summed E-state index contributed by atoms with van der Waals surface area (Å²) in [6.45, 7) is 2.35. The van der Waals surface area contributed by atoms with E-state index in [4.69, 9.17) is 9.72 Å². The molecule has 0 spiro atoms. The van der Waals surface area contributed by atoms with E-state index in [2.05, 4.69) is 10.6 Å². The molecule has 3 rings (SSSR count). The molecule has 7 heteroatoms. The van der Waals surface area contributed by atoms with E-state index in [-0.39, 0.29) is 24.1 Å². The zero-order chi connectivity index (χ0) is 20.6. The Kier molecular flexibility index (Phi) is 7.08. The van der Waals surface area contributed by atoms with Crippen molar-refractivity contribution < 1.29 is 14.3 Å². The number of benzene rings is 2. The average Bonchev–Trinajstić information content (AvgIpc) is 2.76. The van der Waals surface area contributed by atoms with Gasteiger partial charge in [-0.15, -0.1) is 0 Å². The lowest BCUT2D eigenvalue weighted by atomic mass is 10.0. The van der Waals surface area contributed by atoms with Gasteiger partial charge in [-0.05, 0) is 36.2 Å². The molecule has 6 nitrogen and oxygen atoms in total. The van der Waals surface area contributed by atoms with E-state index in [0.717, 1.165) is 32.8 Å². The zero-order valence-electron chi connectivity index (χ0n) is 16.4. The number of pyridine rings is 1.